The van der Waals surface area contributed by atoms with Gasteiger partial charge in [-0.2, -0.15) is 0 Å². The summed E-state index contributed by atoms with van der Waals surface area (Å²) in [5, 5.41) is 1.51. The lowest BCUT2D eigenvalue weighted by molar-refractivity contribution is -0.127. The van der Waals surface area contributed by atoms with Gasteiger partial charge in [0.2, 0.25) is 11.8 Å². The summed E-state index contributed by atoms with van der Waals surface area (Å²) in [6.07, 6.45) is 5.91. The van der Waals surface area contributed by atoms with Crippen molar-refractivity contribution in [1.82, 2.24) is 19.8 Å². The molecule has 4 aromatic carbocycles. The van der Waals surface area contributed by atoms with E-state index >= 15 is 0 Å². The molecule has 1 fully saturated rings. The molecular formula is C44H44Cl2N4O4S. The standard InChI is InChI=1S/C44H43ClN4O4S.ClH/c1-30-4-6-35(7-5-30)29-52-38-14-16-42(46-27-38)53-44-31(2)24-36(25-39(44)45)12-17-43(50)49-21-19-48(20-22-49)28-34-10-8-33(9-11-34)18-23-51-37-13-15-41-40(26-37)47-32(3)54-41;/h4-17,24-27H,18-23,28-29H2,1-3H3;1H. The lowest BCUT2D eigenvalue weighted by Crippen LogP contribution is -2.47. The second-order valence-electron chi connectivity index (χ2n) is 13.6. The highest BCUT2D eigenvalue weighted by Gasteiger charge is 2.20. The van der Waals surface area contributed by atoms with Gasteiger partial charge in [-0.05, 0) is 85.0 Å². The maximum atomic E-state index is 13.1. The number of rotatable bonds is 13. The molecule has 1 amide bonds. The molecule has 0 unspecified atom stereocenters. The summed E-state index contributed by atoms with van der Waals surface area (Å²) < 4.78 is 19.1. The number of piperazine rings is 1. The molecule has 0 aliphatic carbocycles. The monoisotopic (exact) mass is 794 g/mol. The van der Waals surface area contributed by atoms with Gasteiger partial charge < -0.3 is 19.1 Å². The van der Waals surface area contributed by atoms with E-state index in [2.05, 4.69) is 76.4 Å². The smallest absolute Gasteiger partial charge is 0.246 e. The largest absolute Gasteiger partial charge is 0.493 e. The van der Waals surface area contributed by atoms with Gasteiger partial charge in [-0.15, -0.1) is 23.7 Å². The number of halogens is 2. The van der Waals surface area contributed by atoms with Crippen LogP contribution in [0.4, 0.5) is 0 Å². The van der Waals surface area contributed by atoms with Gasteiger partial charge in [-0.1, -0.05) is 65.7 Å². The van der Waals surface area contributed by atoms with Gasteiger partial charge in [-0.3, -0.25) is 9.69 Å². The highest BCUT2D eigenvalue weighted by Crippen LogP contribution is 2.34. The van der Waals surface area contributed by atoms with E-state index < -0.39 is 0 Å². The first-order valence-electron chi connectivity index (χ1n) is 18.1. The Morgan fingerprint density at radius 2 is 1.56 bits per heavy atom. The van der Waals surface area contributed by atoms with Crippen molar-refractivity contribution in [3.05, 3.63) is 147 Å². The third-order valence-electron chi connectivity index (χ3n) is 9.35. The van der Waals surface area contributed by atoms with Gasteiger partial charge in [0.15, 0.2) is 5.75 Å². The van der Waals surface area contributed by atoms with Gasteiger partial charge in [0.1, 0.15) is 18.1 Å². The highest BCUT2D eigenvalue weighted by atomic mass is 35.5. The van der Waals surface area contributed by atoms with Crippen molar-refractivity contribution in [2.24, 2.45) is 0 Å². The van der Waals surface area contributed by atoms with Crippen LogP contribution in [0.15, 0.2) is 103 Å². The number of aryl methyl sites for hydroxylation is 3. The zero-order valence-electron chi connectivity index (χ0n) is 31.2. The number of thiazole rings is 1. The van der Waals surface area contributed by atoms with Gasteiger partial charge >= 0.3 is 0 Å². The van der Waals surface area contributed by atoms with Crippen molar-refractivity contribution in [3.8, 4) is 23.1 Å². The van der Waals surface area contributed by atoms with Crippen molar-refractivity contribution < 1.29 is 19.0 Å². The van der Waals surface area contributed by atoms with Crippen molar-refractivity contribution in [2.75, 3.05) is 32.8 Å². The number of carbonyl (C=O) groups is 1. The molecular weight excluding hydrogens is 751 g/mol. The average Bonchev–Trinajstić information content (AvgIpc) is 3.56. The minimum Gasteiger partial charge on any atom is -0.493 e. The summed E-state index contributed by atoms with van der Waals surface area (Å²) >= 11 is 8.34. The molecule has 55 heavy (non-hydrogen) atoms. The average molecular weight is 796 g/mol. The molecule has 0 saturated carbocycles. The topological polar surface area (TPSA) is 77.0 Å². The molecule has 0 spiro atoms. The van der Waals surface area contributed by atoms with Crippen molar-refractivity contribution in [1.29, 1.82) is 0 Å². The van der Waals surface area contributed by atoms with Crippen LogP contribution in [0.25, 0.3) is 16.3 Å². The number of fused-ring (bicyclic) bond motifs is 1. The summed E-state index contributed by atoms with van der Waals surface area (Å²) in [4.78, 5) is 26.3. The third kappa shape index (κ3) is 10.9. The lowest BCUT2D eigenvalue weighted by Gasteiger charge is -2.34. The molecule has 1 saturated heterocycles. The predicted molar refractivity (Wildman–Crippen MR) is 224 cm³/mol. The van der Waals surface area contributed by atoms with Crippen LogP contribution in [0.1, 0.15) is 38.4 Å². The van der Waals surface area contributed by atoms with Crippen LogP contribution < -0.4 is 14.2 Å². The van der Waals surface area contributed by atoms with Crippen LogP contribution >= 0.6 is 35.3 Å². The SMILES string of the molecule is Cc1ccc(COc2ccc(Oc3c(C)cc(C=CC(=O)N4CCN(Cc5ccc(CCOc6ccc7sc(C)nc7c6)cc5)CC4)cc3Cl)nc2)cc1.Cl. The van der Waals surface area contributed by atoms with E-state index in [0.717, 1.165) is 59.0 Å². The second-order valence-corrected chi connectivity index (χ2v) is 15.2. The van der Waals surface area contributed by atoms with Crippen LogP contribution in [0.3, 0.4) is 0 Å². The zero-order chi connectivity index (χ0) is 37.4. The third-order valence-corrected chi connectivity index (χ3v) is 10.6. The molecule has 1 aliphatic heterocycles. The number of aromatic nitrogens is 2. The van der Waals surface area contributed by atoms with E-state index in [4.69, 9.17) is 25.8 Å². The molecule has 6 aromatic rings. The fraction of sp³-hybridized carbons (Fsp3) is 0.250. The number of ether oxygens (including phenoxy) is 3. The summed E-state index contributed by atoms with van der Waals surface area (Å²) in [6.45, 7) is 10.9. The van der Waals surface area contributed by atoms with Gasteiger partial charge in [0, 0.05) is 57.4 Å². The van der Waals surface area contributed by atoms with E-state index in [9.17, 15) is 4.79 Å². The van der Waals surface area contributed by atoms with Crippen LogP contribution in [0.2, 0.25) is 5.02 Å². The van der Waals surface area contributed by atoms with Crippen LogP contribution in [-0.2, 0) is 24.4 Å². The Balaban J connectivity index is 0.00000514. The Morgan fingerprint density at radius 3 is 2.29 bits per heavy atom. The predicted octanol–water partition coefficient (Wildman–Crippen LogP) is 10.0. The number of amides is 1. The van der Waals surface area contributed by atoms with Crippen molar-refractivity contribution in [2.45, 2.75) is 40.3 Å². The Morgan fingerprint density at radius 1 is 0.836 bits per heavy atom. The number of nitrogens with zero attached hydrogens (tertiary/aromatic N) is 4. The molecule has 0 bridgehead atoms. The van der Waals surface area contributed by atoms with E-state index in [1.165, 1.54) is 21.4 Å². The maximum Gasteiger partial charge on any atom is 0.246 e. The minimum atomic E-state index is -0.00849. The first-order chi connectivity index (χ1) is 26.2. The lowest BCUT2D eigenvalue weighted by atomic mass is 10.1. The zero-order valence-corrected chi connectivity index (χ0v) is 33.6. The summed E-state index contributed by atoms with van der Waals surface area (Å²) in [7, 11) is 0. The van der Waals surface area contributed by atoms with Gasteiger partial charge in [0.25, 0.3) is 0 Å². The second kappa shape index (κ2) is 18.6. The molecule has 0 atom stereocenters. The van der Waals surface area contributed by atoms with Crippen molar-refractivity contribution in [3.63, 3.8) is 0 Å². The molecule has 11 heteroatoms. The number of benzene rings is 4. The Hall–Kier alpha value is -4.93. The molecule has 0 radical (unpaired) electrons. The summed E-state index contributed by atoms with van der Waals surface area (Å²) in [5.74, 6) is 2.43. The fourth-order valence-corrected chi connectivity index (χ4v) is 7.44. The van der Waals surface area contributed by atoms with Crippen molar-refractivity contribution >= 4 is 57.5 Å². The molecule has 8 nitrogen and oxygen atoms in total. The number of hydrogen-bond acceptors (Lipinski definition) is 8. The van der Waals surface area contributed by atoms with E-state index in [1.54, 1.807) is 35.7 Å². The Kier molecular flexibility index (Phi) is 13.4. The molecule has 284 valence electrons. The number of carbonyl (C=O) groups excluding carboxylic acids is 1. The van der Waals surface area contributed by atoms with Gasteiger partial charge in [-0.25, -0.2) is 9.97 Å². The molecule has 3 heterocycles. The van der Waals surface area contributed by atoms with E-state index in [0.29, 0.717) is 48.7 Å². The molecule has 2 aromatic heterocycles. The normalized spacial score (nSPS) is 13.2. The molecule has 7 rings (SSSR count). The molecule has 1 aliphatic rings. The van der Waals surface area contributed by atoms with Crippen LogP contribution in [0, 0.1) is 20.8 Å². The first-order valence-corrected chi connectivity index (χ1v) is 19.3. The Labute approximate surface area is 337 Å². The van der Waals surface area contributed by atoms with Crippen LogP contribution in [-0.4, -0.2) is 58.5 Å². The Bertz CT molecular complexity index is 2210. The van der Waals surface area contributed by atoms with E-state index in [-0.39, 0.29) is 18.3 Å². The molecule has 0 N–H and O–H groups in total. The van der Waals surface area contributed by atoms with E-state index in [1.807, 2.05) is 49.1 Å². The number of pyridine rings is 1. The first kappa shape index (κ1) is 39.8. The quantitative estimate of drug-likeness (QED) is 0.108. The summed E-state index contributed by atoms with van der Waals surface area (Å²) in [5.41, 5.74) is 7.46. The van der Waals surface area contributed by atoms with Crippen LogP contribution in [0.5, 0.6) is 23.1 Å². The maximum absolute atomic E-state index is 13.1. The highest BCUT2D eigenvalue weighted by molar-refractivity contribution is 7.18. The fourth-order valence-electron chi connectivity index (χ4n) is 6.32. The summed E-state index contributed by atoms with van der Waals surface area (Å²) in [6, 6.07) is 30.4. The van der Waals surface area contributed by atoms with Gasteiger partial charge in [0.05, 0.1) is 33.1 Å². The number of hydrogen-bond donors (Lipinski definition) is 0. The minimum absolute atomic E-state index is 0.